The van der Waals surface area contributed by atoms with Gasteiger partial charge in [0.15, 0.2) is 0 Å². The number of halogens is 3. The molecule has 0 saturated carbocycles. The van der Waals surface area contributed by atoms with Crippen molar-refractivity contribution in [1.29, 1.82) is 0 Å². The van der Waals surface area contributed by atoms with Crippen molar-refractivity contribution in [2.24, 2.45) is 11.8 Å². The zero-order valence-electron chi connectivity index (χ0n) is 12.8. The fourth-order valence-corrected chi connectivity index (χ4v) is 2.80. The topological polar surface area (TPSA) is 66.8 Å². The summed E-state index contributed by atoms with van der Waals surface area (Å²) < 4.78 is 3.09. The van der Waals surface area contributed by atoms with Gasteiger partial charge in [0.25, 0.3) is 5.91 Å². The van der Waals surface area contributed by atoms with Crippen LogP contribution in [0.5, 0.6) is 0 Å². The Kier molecular flexibility index (Phi) is 6.57. The first-order valence-corrected chi connectivity index (χ1v) is 8.03. The number of hydrogen-bond donors (Lipinski definition) is 1. The number of carbonyl (C=O) groups excluding carboxylic acids is 2. The second-order valence-corrected chi connectivity index (χ2v) is 8.13. The van der Waals surface area contributed by atoms with E-state index in [4.69, 9.17) is 39.5 Å². The quantitative estimate of drug-likeness (QED) is 0.607. The van der Waals surface area contributed by atoms with Crippen LogP contribution in [0.2, 0.25) is 0 Å². The van der Waals surface area contributed by atoms with Gasteiger partial charge in [-0.25, -0.2) is 9.69 Å². The van der Waals surface area contributed by atoms with E-state index < -0.39 is 27.8 Å². The Balaban J connectivity index is 2.92. The van der Waals surface area contributed by atoms with Gasteiger partial charge in [-0.1, -0.05) is 61.7 Å². The largest absolute Gasteiger partial charge is 0.447 e. The summed E-state index contributed by atoms with van der Waals surface area (Å²) in [7, 11) is 0. The highest BCUT2D eigenvalue weighted by Crippen LogP contribution is 2.34. The molecule has 1 rings (SSSR count). The number of aliphatic hydroxyl groups is 1. The molecule has 5 nitrogen and oxygen atoms in total. The fourth-order valence-electron chi connectivity index (χ4n) is 2.21. The molecule has 8 heteroatoms. The number of cyclic esters (lactones) is 1. The summed E-state index contributed by atoms with van der Waals surface area (Å²) in [5.74, 6) is -0.968. The summed E-state index contributed by atoms with van der Waals surface area (Å²) in [5, 5.41) is 9.89. The maximum absolute atomic E-state index is 12.5. The number of amides is 2. The lowest BCUT2D eigenvalue weighted by atomic mass is 10.0. The van der Waals surface area contributed by atoms with Crippen molar-refractivity contribution < 1.29 is 19.4 Å². The zero-order valence-corrected chi connectivity index (χ0v) is 15.1. The van der Waals surface area contributed by atoms with E-state index in [1.165, 1.54) is 6.08 Å². The highest BCUT2D eigenvalue weighted by atomic mass is 35.6. The molecular formula is C14H20Cl3NO4. The van der Waals surface area contributed by atoms with Crippen LogP contribution in [-0.2, 0) is 9.53 Å². The molecule has 0 aromatic rings. The Morgan fingerprint density at radius 3 is 2.41 bits per heavy atom. The van der Waals surface area contributed by atoms with Gasteiger partial charge < -0.3 is 9.84 Å². The second-order valence-electron chi connectivity index (χ2n) is 5.76. The van der Waals surface area contributed by atoms with E-state index in [1.54, 1.807) is 13.8 Å². The van der Waals surface area contributed by atoms with Crippen molar-refractivity contribution in [3.05, 3.63) is 11.6 Å². The smallest absolute Gasteiger partial charge is 0.417 e. The number of imide groups is 1. The number of ether oxygens (including phenoxy) is 1. The molecule has 0 spiro atoms. The van der Waals surface area contributed by atoms with Gasteiger partial charge in [0, 0.05) is 11.5 Å². The maximum Gasteiger partial charge on any atom is 0.417 e. The van der Waals surface area contributed by atoms with Crippen molar-refractivity contribution in [1.82, 2.24) is 4.90 Å². The van der Waals surface area contributed by atoms with Gasteiger partial charge >= 0.3 is 6.09 Å². The number of alkyl halides is 3. The van der Waals surface area contributed by atoms with Gasteiger partial charge in [0.05, 0.1) is 6.04 Å². The Bertz CT molecular complexity index is 473. The summed E-state index contributed by atoms with van der Waals surface area (Å²) in [5.41, 5.74) is 0.283. The maximum atomic E-state index is 12.5. The average Bonchev–Trinajstić information content (AvgIpc) is 2.77. The minimum absolute atomic E-state index is 0.0763. The molecule has 1 N–H and O–H groups in total. The summed E-state index contributed by atoms with van der Waals surface area (Å²) in [6.07, 6.45) is -0.449. The second kappa shape index (κ2) is 7.39. The minimum Gasteiger partial charge on any atom is -0.447 e. The Morgan fingerprint density at radius 1 is 1.41 bits per heavy atom. The third-order valence-electron chi connectivity index (χ3n) is 3.58. The lowest BCUT2D eigenvalue weighted by molar-refractivity contribution is -0.125. The molecule has 126 valence electrons. The van der Waals surface area contributed by atoms with Crippen molar-refractivity contribution >= 4 is 46.8 Å². The van der Waals surface area contributed by atoms with Gasteiger partial charge in [-0.05, 0) is 12.8 Å². The molecule has 1 heterocycles. The fraction of sp³-hybridized carbons (Fsp3) is 0.714. The predicted octanol–water partition coefficient (Wildman–Crippen LogP) is 3.30. The van der Waals surface area contributed by atoms with E-state index in [2.05, 4.69) is 0 Å². The molecule has 1 aliphatic rings. The van der Waals surface area contributed by atoms with Crippen molar-refractivity contribution in [3.8, 4) is 0 Å². The molecular weight excluding hydrogens is 353 g/mol. The van der Waals surface area contributed by atoms with Gasteiger partial charge in [-0.3, -0.25) is 4.79 Å². The first-order valence-electron chi connectivity index (χ1n) is 6.90. The first kappa shape index (κ1) is 19.6. The molecule has 0 aromatic carbocycles. The van der Waals surface area contributed by atoms with Gasteiger partial charge in [0.2, 0.25) is 3.79 Å². The predicted molar refractivity (Wildman–Crippen MR) is 86.0 cm³/mol. The van der Waals surface area contributed by atoms with E-state index in [0.29, 0.717) is 0 Å². The standard InChI is InChI=1S/C14H20Cl3NO4/c1-7(2)10-6-22-13(21)18(10)12(20)9(4)5-8(3)11(19)14(15,16)17/h5,7-8,10-11,19H,6H2,1-4H3/b9-5+/t8-,10+,11+/m0/s1. The average molecular weight is 373 g/mol. The van der Waals surface area contributed by atoms with Crippen LogP contribution in [0, 0.1) is 11.8 Å². The Morgan fingerprint density at radius 2 is 1.95 bits per heavy atom. The summed E-state index contributed by atoms with van der Waals surface area (Å²) in [6, 6.07) is -0.309. The number of carbonyl (C=O) groups is 2. The summed E-state index contributed by atoms with van der Waals surface area (Å²) in [6.45, 7) is 7.16. The van der Waals surface area contributed by atoms with Crippen LogP contribution in [0.15, 0.2) is 11.6 Å². The van der Waals surface area contributed by atoms with E-state index in [-0.39, 0.29) is 24.1 Å². The molecule has 1 aliphatic heterocycles. The molecule has 0 radical (unpaired) electrons. The molecule has 1 fully saturated rings. The van der Waals surface area contributed by atoms with Crippen molar-refractivity contribution in [2.45, 2.75) is 43.6 Å². The van der Waals surface area contributed by atoms with Gasteiger partial charge in [-0.15, -0.1) is 0 Å². The lowest BCUT2D eigenvalue weighted by Gasteiger charge is -2.25. The molecule has 2 amide bonds. The molecule has 0 aromatic heterocycles. The number of aliphatic hydroxyl groups excluding tert-OH is 1. The normalized spacial score (nSPS) is 22.8. The Hall–Kier alpha value is -0.490. The van der Waals surface area contributed by atoms with E-state index in [0.717, 1.165) is 4.90 Å². The van der Waals surface area contributed by atoms with Gasteiger partial charge in [0.1, 0.15) is 12.7 Å². The summed E-state index contributed by atoms with van der Waals surface area (Å²) in [4.78, 5) is 25.3. The Labute approximate surface area is 145 Å². The van der Waals surface area contributed by atoms with E-state index in [1.807, 2.05) is 13.8 Å². The van der Waals surface area contributed by atoms with Crippen LogP contribution in [0.25, 0.3) is 0 Å². The molecule has 0 bridgehead atoms. The van der Waals surface area contributed by atoms with Crippen LogP contribution >= 0.6 is 34.8 Å². The minimum atomic E-state index is -1.85. The van der Waals surface area contributed by atoms with Gasteiger partial charge in [-0.2, -0.15) is 0 Å². The molecule has 0 aliphatic carbocycles. The molecule has 0 unspecified atom stereocenters. The number of rotatable bonds is 4. The van der Waals surface area contributed by atoms with Crippen LogP contribution in [0.1, 0.15) is 27.7 Å². The zero-order chi connectivity index (χ0) is 17.2. The van der Waals surface area contributed by atoms with Crippen molar-refractivity contribution in [3.63, 3.8) is 0 Å². The number of hydrogen-bond acceptors (Lipinski definition) is 4. The third-order valence-corrected chi connectivity index (χ3v) is 4.25. The van der Waals surface area contributed by atoms with Crippen molar-refractivity contribution in [2.75, 3.05) is 6.61 Å². The molecule has 22 heavy (non-hydrogen) atoms. The lowest BCUT2D eigenvalue weighted by Crippen LogP contribution is -2.42. The monoisotopic (exact) mass is 371 g/mol. The number of nitrogens with zero attached hydrogens (tertiary/aromatic N) is 1. The van der Waals surface area contributed by atoms with E-state index >= 15 is 0 Å². The molecule has 3 atom stereocenters. The molecule has 1 saturated heterocycles. The summed E-state index contributed by atoms with van der Waals surface area (Å²) >= 11 is 16.9. The van der Waals surface area contributed by atoms with Crippen LogP contribution < -0.4 is 0 Å². The van der Waals surface area contributed by atoms with E-state index in [9.17, 15) is 14.7 Å². The van der Waals surface area contributed by atoms with Crippen LogP contribution in [0.4, 0.5) is 4.79 Å². The SMILES string of the molecule is C/C(=C\[C@H](C)[C@@H](O)C(Cl)(Cl)Cl)C(=O)N1C(=O)OC[C@@H]1C(C)C. The highest BCUT2D eigenvalue weighted by molar-refractivity contribution is 6.68. The third kappa shape index (κ3) is 4.51. The first-order chi connectivity index (χ1) is 9.96. The highest BCUT2D eigenvalue weighted by Gasteiger charge is 2.40. The van der Waals surface area contributed by atoms with Crippen LogP contribution in [0.3, 0.4) is 0 Å². The van der Waals surface area contributed by atoms with Crippen LogP contribution in [-0.4, -0.2) is 44.6 Å².